The van der Waals surface area contributed by atoms with Gasteiger partial charge in [-0.2, -0.15) is 4.98 Å². The number of unbranched alkanes of at least 4 members (excludes halogenated alkanes) is 1. The molecular weight excluding hydrogens is 294 g/mol. The molecule has 0 aliphatic heterocycles. The van der Waals surface area contributed by atoms with E-state index in [4.69, 9.17) is 9.26 Å². The summed E-state index contributed by atoms with van der Waals surface area (Å²) in [7, 11) is 3.44. The smallest absolute Gasteiger partial charge is 0.227 e. The van der Waals surface area contributed by atoms with Gasteiger partial charge in [0.15, 0.2) is 0 Å². The molecule has 0 saturated carbocycles. The fourth-order valence-corrected chi connectivity index (χ4v) is 2.16. The number of benzene rings is 1. The zero-order valence-electron chi connectivity index (χ0n) is 13.9. The van der Waals surface area contributed by atoms with E-state index in [1.807, 2.05) is 31.3 Å². The molecule has 0 radical (unpaired) electrons. The summed E-state index contributed by atoms with van der Waals surface area (Å²) in [6, 6.07) is 7.46. The second kappa shape index (κ2) is 8.31. The Bertz CT molecular complexity index is 640. The Morgan fingerprint density at radius 2 is 2.22 bits per heavy atom. The number of carbonyl (C=O) groups excluding carboxylic acids is 1. The molecule has 6 nitrogen and oxygen atoms in total. The van der Waals surface area contributed by atoms with E-state index < -0.39 is 0 Å². The van der Waals surface area contributed by atoms with Crippen molar-refractivity contribution in [2.24, 2.45) is 0 Å². The summed E-state index contributed by atoms with van der Waals surface area (Å²) in [5.41, 5.74) is 0.825. The Kier molecular flexibility index (Phi) is 6.14. The SMILES string of the molecule is CCCCN(C)C(=O)CCc1nc(-c2cccc(OC)c2)no1. The molecule has 0 fully saturated rings. The molecule has 2 rings (SSSR count). The third-order valence-corrected chi connectivity index (χ3v) is 3.62. The van der Waals surface area contributed by atoms with Gasteiger partial charge in [-0.3, -0.25) is 4.79 Å². The Balaban J connectivity index is 1.93. The predicted octanol–water partition coefficient (Wildman–Crippen LogP) is 2.94. The minimum Gasteiger partial charge on any atom is -0.497 e. The maximum Gasteiger partial charge on any atom is 0.227 e. The van der Waals surface area contributed by atoms with Crippen molar-refractivity contribution in [3.8, 4) is 17.1 Å². The van der Waals surface area contributed by atoms with E-state index in [0.29, 0.717) is 24.6 Å². The van der Waals surface area contributed by atoms with E-state index >= 15 is 0 Å². The van der Waals surface area contributed by atoms with Gasteiger partial charge in [0.1, 0.15) is 5.75 Å². The van der Waals surface area contributed by atoms with Crippen LogP contribution in [0.4, 0.5) is 0 Å². The molecule has 6 heteroatoms. The summed E-state index contributed by atoms with van der Waals surface area (Å²) >= 11 is 0. The van der Waals surface area contributed by atoms with E-state index in [0.717, 1.165) is 30.7 Å². The molecule has 1 amide bonds. The fraction of sp³-hybridized carbons (Fsp3) is 0.471. The zero-order valence-corrected chi connectivity index (χ0v) is 13.9. The van der Waals surface area contributed by atoms with Crippen LogP contribution >= 0.6 is 0 Å². The van der Waals surface area contributed by atoms with Crippen LogP contribution in [-0.4, -0.2) is 41.6 Å². The van der Waals surface area contributed by atoms with Gasteiger partial charge < -0.3 is 14.2 Å². The number of hydrogen-bond donors (Lipinski definition) is 0. The second-order valence-electron chi connectivity index (χ2n) is 5.41. The summed E-state index contributed by atoms with van der Waals surface area (Å²) < 4.78 is 10.4. The third kappa shape index (κ3) is 4.81. The Hall–Kier alpha value is -2.37. The largest absolute Gasteiger partial charge is 0.497 e. The van der Waals surface area contributed by atoms with E-state index in [1.165, 1.54) is 0 Å². The molecule has 1 aromatic carbocycles. The van der Waals surface area contributed by atoms with Gasteiger partial charge in [0.25, 0.3) is 0 Å². The number of amides is 1. The average Bonchev–Trinajstić information content (AvgIpc) is 3.06. The van der Waals surface area contributed by atoms with Crippen molar-refractivity contribution in [2.45, 2.75) is 32.6 Å². The summed E-state index contributed by atoms with van der Waals surface area (Å²) in [5, 5.41) is 3.97. The Morgan fingerprint density at radius 3 is 2.96 bits per heavy atom. The first-order chi connectivity index (χ1) is 11.1. The van der Waals surface area contributed by atoms with Gasteiger partial charge in [-0.05, 0) is 18.6 Å². The van der Waals surface area contributed by atoms with Crippen molar-refractivity contribution in [3.63, 3.8) is 0 Å². The van der Waals surface area contributed by atoms with Crippen molar-refractivity contribution >= 4 is 5.91 Å². The van der Waals surface area contributed by atoms with Crippen molar-refractivity contribution < 1.29 is 14.1 Å². The van der Waals surface area contributed by atoms with Crippen LogP contribution in [0.1, 0.15) is 32.1 Å². The number of nitrogens with zero attached hydrogens (tertiary/aromatic N) is 3. The Morgan fingerprint density at radius 1 is 1.39 bits per heavy atom. The number of hydrogen-bond acceptors (Lipinski definition) is 5. The molecule has 0 N–H and O–H groups in total. The Labute approximate surface area is 136 Å². The molecule has 0 aliphatic carbocycles. The lowest BCUT2D eigenvalue weighted by Crippen LogP contribution is -2.27. The summed E-state index contributed by atoms with van der Waals surface area (Å²) in [5.74, 6) is 1.81. The summed E-state index contributed by atoms with van der Waals surface area (Å²) in [6.45, 7) is 2.89. The van der Waals surface area contributed by atoms with Crippen LogP contribution in [0.3, 0.4) is 0 Å². The van der Waals surface area contributed by atoms with Gasteiger partial charge in [-0.15, -0.1) is 0 Å². The first-order valence-electron chi connectivity index (χ1n) is 7.85. The lowest BCUT2D eigenvalue weighted by atomic mass is 10.2. The zero-order chi connectivity index (χ0) is 16.7. The second-order valence-corrected chi connectivity index (χ2v) is 5.41. The third-order valence-electron chi connectivity index (χ3n) is 3.62. The van der Waals surface area contributed by atoms with E-state index in [2.05, 4.69) is 17.1 Å². The number of carbonyl (C=O) groups is 1. The van der Waals surface area contributed by atoms with Gasteiger partial charge in [-0.25, -0.2) is 0 Å². The van der Waals surface area contributed by atoms with E-state index in [1.54, 1.807) is 12.0 Å². The van der Waals surface area contributed by atoms with Crippen LogP contribution in [0, 0.1) is 0 Å². The molecule has 0 unspecified atom stereocenters. The lowest BCUT2D eigenvalue weighted by Gasteiger charge is -2.15. The molecule has 0 atom stereocenters. The quantitative estimate of drug-likeness (QED) is 0.749. The van der Waals surface area contributed by atoms with E-state index in [-0.39, 0.29) is 5.91 Å². The standard InChI is InChI=1S/C17H23N3O3/c1-4-5-11-20(2)16(21)10-9-15-18-17(19-23-15)13-7-6-8-14(12-13)22-3/h6-8,12H,4-5,9-11H2,1-3H3. The number of aryl methyl sites for hydroxylation is 1. The van der Waals surface area contributed by atoms with Gasteiger partial charge in [0, 0.05) is 32.0 Å². The van der Waals surface area contributed by atoms with Gasteiger partial charge in [0.2, 0.25) is 17.6 Å². The highest BCUT2D eigenvalue weighted by molar-refractivity contribution is 5.76. The molecule has 0 bridgehead atoms. The normalized spacial score (nSPS) is 10.6. The average molecular weight is 317 g/mol. The first-order valence-corrected chi connectivity index (χ1v) is 7.85. The fourth-order valence-electron chi connectivity index (χ4n) is 2.16. The number of methoxy groups -OCH3 is 1. The van der Waals surface area contributed by atoms with Crippen LogP contribution < -0.4 is 4.74 Å². The number of aromatic nitrogens is 2. The molecule has 124 valence electrons. The van der Waals surface area contributed by atoms with Crippen molar-refractivity contribution in [2.75, 3.05) is 20.7 Å². The molecule has 0 spiro atoms. The van der Waals surface area contributed by atoms with Crippen molar-refractivity contribution in [1.82, 2.24) is 15.0 Å². The van der Waals surface area contributed by atoms with Crippen LogP contribution in [0.5, 0.6) is 5.75 Å². The van der Waals surface area contributed by atoms with Gasteiger partial charge in [-0.1, -0.05) is 30.6 Å². The minimum absolute atomic E-state index is 0.0968. The van der Waals surface area contributed by atoms with Crippen LogP contribution in [0.15, 0.2) is 28.8 Å². The highest BCUT2D eigenvalue weighted by Gasteiger charge is 2.13. The molecular formula is C17H23N3O3. The van der Waals surface area contributed by atoms with Crippen LogP contribution in [0.2, 0.25) is 0 Å². The van der Waals surface area contributed by atoms with Crippen molar-refractivity contribution in [3.05, 3.63) is 30.2 Å². The summed E-state index contributed by atoms with van der Waals surface area (Å²) in [6.07, 6.45) is 2.92. The first kappa shape index (κ1) is 17.0. The van der Waals surface area contributed by atoms with Crippen molar-refractivity contribution in [1.29, 1.82) is 0 Å². The topological polar surface area (TPSA) is 68.5 Å². The molecule has 2 aromatic rings. The molecule has 0 aliphatic rings. The molecule has 1 aromatic heterocycles. The lowest BCUT2D eigenvalue weighted by molar-refractivity contribution is -0.130. The molecule has 23 heavy (non-hydrogen) atoms. The van der Waals surface area contributed by atoms with Crippen LogP contribution in [0.25, 0.3) is 11.4 Å². The molecule has 1 heterocycles. The maximum atomic E-state index is 12.0. The van der Waals surface area contributed by atoms with Crippen LogP contribution in [-0.2, 0) is 11.2 Å². The number of rotatable bonds is 8. The van der Waals surface area contributed by atoms with E-state index in [9.17, 15) is 4.79 Å². The minimum atomic E-state index is 0.0968. The van der Waals surface area contributed by atoms with Gasteiger partial charge >= 0.3 is 0 Å². The monoisotopic (exact) mass is 317 g/mol. The number of ether oxygens (including phenoxy) is 1. The summed E-state index contributed by atoms with van der Waals surface area (Å²) in [4.78, 5) is 18.1. The highest BCUT2D eigenvalue weighted by atomic mass is 16.5. The maximum absolute atomic E-state index is 12.0. The predicted molar refractivity (Wildman–Crippen MR) is 87.2 cm³/mol. The van der Waals surface area contributed by atoms with Gasteiger partial charge in [0.05, 0.1) is 7.11 Å². The highest BCUT2D eigenvalue weighted by Crippen LogP contribution is 2.21. The molecule has 0 saturated heterocycles.